The van der Waals surface area contributed by atoms with E-state index in [1.165, 1.54) is 31.2 Å². The Morgan fingerprint density at radius 2 is 1.91 bits per heavy atom. The van der Waals surface area contributed by atoms with Crippen molar-refractivity contribution in [3.63, 3.8) is 0 Å². The molecule has 1 heterocycles. The molecule has 0 aromatic heterocycles. The molecular formula is C19H29NO3. The summed E-state index contributed by atoms with van der Waals surface area (Å²) in [6.45, 7) is 5.50. The van der Waals surface area contributed by atoms with Crippen molar-refractivity contribution in [2.75, 3.05) is 13.2 Å². The Bertz CT molecular complexity index is 486. The minimum Gasteiger partial charge on any atom is -0.494 e. The summed E-state index contributed by atoms with van der Waals surface area (Å²) in [5, 5.41) is 2.87. The van der Waals surface area contributed by atoms with Crippen LogP contribution in [0.4, 0.5) is 4.79 Å². The molecule has 1 aliphatic rings. The fourth-order valence-electron chi connectivity index (χ4n) is 2.75. The predicted molar refractivity (Wildman–Crippen MR) is 91.9 cm³/mol. The SMILES string of the molecule is CCCCCCCOc1ccc(CCC2(C)COC(=O)N2)cc1. The van der Waals surface area contributed by atoms with Crippen LogP contribution in [0.15, 0.2) is 24.3 Å². The summed E-state index contributed by atoms with van der Waals surface area (Å²) in [5.74, 6) is 0.938. The van der Waals surface area contributed by atoms with Crippen molar-refractivity contribution >= 4 is 6.09 Å². The summed E-state index contributed by atoms with van der Waals surface area (Å²) in [7, 11) is 0. The highest BCUT2D eigenvalue weighted by Gasteiger charge is 2.34. The standard InChI is InChI=1S/C19H29NO3/c1-3-4-5-6-7-14-22-17-10-8-16(9-11-17)12-13-19(2)15-23-18(21)20-19/h8-11H,3-7,12-15H2,1-2H3,(H,20,21). The number of alkyl carbamates (subject to hydrolysis) is 1. The number of aryl methyl sites for hydroxylation is 1. The van der Waals surface area contributed by atoms with Crippen LogP contribution in [0.1, 0.15) is 57.9 Å². The Hall–Kier alpha value is -1.71. The highest BCUT2D eigenvalue weighted by Crippen LogP contribution is 2.21. The minimum atomic E-state index is -0.310. The van der Waals surface area contributed by atoms with Gasteiger partial charge in [0.2, 0.25) is 0 Å². The molecule has 1 atom stereocenters. The van der Waals surface area contributed by atoms with Gasteiger partial charge in [-0.15, -0.1) is 0 Å². The van der Waals surface area contributed by atoms with Gasteiger partial charge in [-0.1, -0.05) is 44.7 Å². The third kappa shape index (κ3) is 6.12. The highest BCUT2D eigenvalue weighted by molar-refractivity contribution is 5.70. The zero-order valence-corrected chi connectivity index (χ0v) is 14.4. The van der Waals surface area contributed by atoms with Gasteiger partial charge >= 0.3 is 6.09 Å². The van der Waals surface area contributed by atoms with Gasteiger partial charge in [0.15, 0.2) is 0 Å². The number of hydrogen-bond donors (Lipinski definition) is 1. The molecule has 0 aliphatic carbocycles. The van der Waals surface area contributed by atoms with Crippen LogP contribution in [0.25, 0.3) is 0 Å². The van der Waals surface area contributed by atoms with E-state index in [2.05, 4.69) is 24.4 Å². The maximum absolute atomic E-state index is 11.1. The van der Waals surface area contributed by atoms with E-state index in [1.807, 2.05) is 19.1 Å². The molecule has 0 saturated carbocycles. The summed E-state index contributed by atoms with van der Waals surface area (Å²) in [6.07, 6.45) is 7.75. The van der Waals surface area contributed by atoms with Crippen molar-refractivity contribution in [1.82, 2.24) is 5.32 Å². The molecule has 4 nitrogen and oxygen atoms in total. The van der Waals surface area contributed by atoms with Gasteiger partial charge in [0, 0.05) is 0 Å². The van der Waals surface area contributed by atoms with Crippen LogP contribution in [0.3, 0.4) is 0 Å². The molecule has 0 radical (unpaired) electrons. The molecule has 1 unspecified atom stereocenters. The van der Waals surface area contributed by atoms with Gasteiger partial charge in [-0.2, -0.15) is 0 Å². The Balaban J connectivity index is 1.67. The molecule has 2 rings (SSSR count). The number of carbonyl (C=O) groups excluding carboxylic acids is 1. The number of carbonyl (C=O) groups is 1. The lowest BCUT2D eigenvalue weighted by Crippen LogP contribution is -2.40. The van der Waals surface area contributed by atoms with Crippen LogP contribution in [-0.2, 0) is 11.2 Å². The molecule has 1 aromatic rings. The molecule has 23 heavy (non-hydrogen) atoms. The Kier molecular flexibility index (Phi) is 6.75. The minimum absolute atomic E-state index is 0.245. The van der Waals surface area contributed by atoms with E-state index < -0.39 is 0 Å². The van der Waals surface area contributed by atoms with E-state index in [4.69, 9.17) is 9.47 Å². The zero-order chi connectivity index (χ0) is 16.5. The van der Waals surface area contributed by atoms with Gasteiger partial charge in [0.25, 0.3) is 0 Å². The number of cyclic esters (lactones) is 1. The van der Waals surface area contributed by atoms with Gasteiger partial charge in [0.05, 0.1) is 12.1 Å². The van der Waals surface area contributed by atoms with E-state index >= 15 is 0 Å². The zero-order valence-electron chi connectivity index (χ0n) is 14.4. The average molecular weight is 319 g/mol. The lowest BCUT2D eigenvalue weighted by molar-refractivity contribution is 0.172. The maximum Gasteiger partial charge on any atom is 0.407 e. The number of hydrogen-bond acceptors (Lipinski definition) is 3. The first-order valence-electron chi connectivity index (χ1n) is 8.78. The molecule has 1 fully saturated rings. The monoisotopic (exact) mass is 319 g/mol. The molecule has 1 saturated heterocycles. The quantitative estimate of drug-likeness (QED) is 0.647. The molecule has 0 spiro atoms. The van der Waals surface area contributed by atoms with Gasteiger partial charge in [-0.25, -0.2) is 4.79 Å². The molecule has 1 amide bonds. The first-order chi connectivity index (χ1) is 11.1. The number of nitrogens with one attached hydrogen (secondary N) is 1. The van der Waals surface area contributed by atoms with Gasteiger partial charge in [-0.3, -0.25) is 0 Å². The molecule has 1 aromatic carbocycles. The van der Waals surface area contributed by atoms with E-state index in [-0.39, 0.29) is 11.6 Å². The van der Waals surface area contributed by atoms with Crippen LogP contribution in [-0.4, -0.2) is 24.8 Å². The van der Waals surface area contributed by atoms with Gasteiger partial charge in [-0.05, 0) is 43.9 Å². The summed E-state index contributed by atoms with van der Waals surface area (Å²) in [6, 6.07) is 8.28. The number of rotatable bonds is 10. The van der Waals surface area contributed by atoms with E-state index in [0.717, 1.165) is 31.6 Å². The van der Waals surface area contributed by atoms with Crippen LogP contribution < -0.4 is 10.1 Å². The van der Waals surface area contributed by atoms with Crippen molar-refractivity contribution < 1.29 is 14.3 Å². The smallest absolute Gasteiger partial charge is 0.407 e. The van der Waals surface area contributed by atoms with Crippen molar-refractivity contribution in [3.8, 4) is 5.75 Å². The Morgan fingerprint density at radius 3 is 2.57 bits per heavy atom. The summed E-state index contributed by atoms with van der Waals surface area (Å²) in [5.41, 5.74) is 1.01. The summed E-state index contributed by atoms with van der Waals surface area (Å²) in [4.78, 5) is 11.1. The van der Waals surface area contributed by atoms with Gasteiger partial charge < -0.3 is 14.8 Å². The summed E-state index contributed by atoms with van der Waals surface area (Å²) >= 11 is 0. The Labute approximate surface area is 139 Å². The number of benzene rings is 1. The van der Waals surface area contributed by atoms with Crippen LogP contribution in [0.5, 0.6) is 5.75 Å². The highest BCUT2D eigenvalue weighted by atomic mass is 16.6. The first kappa shape index (κ1) is 17.6. The molecule has 0 bridgehead atoms. The van der Waals surface area contributed by atoms with Crippen LogP contribution >= 0.6 is 0 Å². The first-order valence-corrected chi connectivity index (χ1v) is 8.78. The largest absolute Gasteiger partial charge is 0.494 e. The van der Waals surface area contributed by atoms with Crippen molar-refractivity contribution in [1.29, 1.82) is 0 Å². The van der Waals surface area contributed by atoms with Crippen LogP contribution in [0.2, 0.25) is 0 Å². The number of amides is 1. The fourth-order valence-corrected chi connectivity index (χ4v) is 2.75. The van der Waals surface area contributed by atoms with Crippen molar-refractivity contribution in [2.45, 2.75) is 64.3 Å². The normalized spacial score (nSPS) is 20.2. The third-order valence-corrected chi connectivity index (χ3v) is 4.33. The summed E-state index contributed by atoms with van der Waals surface area (Å²) < 4.78 is 10.8. The average Bonchev–Trinajstić information content (AvgIpc) is 2.90. The van der Waals surface area contributed by atoms with Crippen molar-refractivity contribution in [2.24, 2.45) is 0 Å². The second kappa shape index (κ2) is 8.80. The van der Waals surface area contributed by atoms with Crippen LogP contribution in [0, 0.1) is 0 Å². The predicted octanol–water partition coefficient (Wildman–Crippen LogP) is 4.47. The molecule has 1 aliphatic heterocycles. The topological polar surface area (TPSA) is 47.6 Å². The van der Waals surface area contributed by atoms with Gasteiger partial charge in [0.1, 0.15) is 12.4 Å². The maximum atomic E-state index is 11.1. The number of unbranched alkanes of at least 4 members (excludes halogenated alkanes) is 4. The molecular weight excluding hydrogens is 290 g/mol. The molecule has 128 valence electrons. The molecule has 4 heteroatoms. The lowest BCUT2D eigenvalue weighted by atomic mass is 9.95. The molecule has 1 N–H and O–H groups in total. The fraction of sp³-hybridized carbons (Fsp3) is 0.632. The third-order valence-electron chi connectivity index (χ3n) is 4.33. The number of ether oxygens (including phenoxy) is 2. The van der Waals surface area contributed by atoms with E-state index in [9.17, 15) is 4.79 Å². The van der Waals surface area contributed by atoms with E-state index in [0.29, 0.717) is 6.61 Å². The Morgan fingerprint density at radius 1 is 1.17 bits per heavy atom. The van der Waals surface area contributed by atoms with E-state index in [1.54, 1.807) is 0 Å². The second-order valence-electron chi connectivity index (χ2n) is 6.67. The van der Waals surface area contributed by atoms with Crippen molar-refractivity contribution in [3.05, 3.63) is 29.8 Å². The lowest BCUT2D eigenvalue weighted by Gasteiger charge is -2.20. The second-order valence-corrected chi connectivity index (χ2v) is 6.67.